The van der Waals surface area contributed by atoms with Gasteiger partial charge in [-0.05, 0) is 18.9 Å². The fourth-order valence-corrected chi connectivity index (χ4v) is 1.85. The normalized spacial score (nSPS) is 11.5. The van der Waals surface area contributed by atoms with Gasteiger partial charge in [0.15, 0.2) is 0 Å². The van der Waals surface area contributed by atoms with Crippen LogP contribution >= 0.6 is 12.4 Å². The van der Waals surface area contributed by atoms with Gasteiger partial charge < -0.3 is 11.1 Å². The fraction of sp³-hybridized carbons (Fsp3) is 0.333. The van der Waals surface area contributed by atoms with E-state index in [-0.39, 0.29) is 24.4 Å². The lowest BCUT2D eigenvalue weighted by Crippen LogP contribution is -2.28. The van der Waals surface area contributed by atoms with Crippen molar-refractivity contribution in [1.29, 1.82) is 0 Å². The van der Waals surface area contributed by atoms with Crippen LogP contribution in [0.3, 0.4) is 0 Å². The van der Waals surface area contributed by atoms with E-state index in [2.05, 4.69) is 10.4 Å². The van der Waals surface area contributed by atoms with Crippen molar-refractivity contribution in [3.05, 3.63) is 53.9 Å². The van der Waals surface area contributed by atoms with Gasteiger partial charge in [-0.25, -0.2) is 0 Å². The molecule has 6 heteroatoms. The molecule has 1 atom stereocenters. The lowest BCUT2D eigenvalue weighted by Gasteiger charge is -2.05. The molecule has 5 nitrogen and oxygen atoms in total. The highest BCUT2D eigenvalue weighted by Crippen LogP contribution is 2.04. The number of hydrogen-bond acceptors (Lipinski definition) is 3. The Hall–Kier alpha value is -1.85. The Kier molecular flexibility index (Phi) is 6.91. The van der Waals surface area contributed by atoms with E-state index in [1.54, 1.807) is 17.1 Å². The van der Waals surface area contributed by atoms with Crippen molar-refractivity contribution in [1.82, 2.24) is 15.1 Å². The first kappa shape index (κ1) is 17.2. The molecule has 0 saturated heterocycles. The van der Waals surface area contributed by atoms with Gasteiger partial charge in [0, 0.05) is 18.8 Å². The van der Waals surface area contributed by atoms with Gasteiger partial charge >= 0.3 is 0 Å². The maximum Gasteiger partial charge on any atom is 0.254 e. The van der Waals surface area contributed by atoms with Crippen molar-refractivity contribution in [3.63, 3.8) is 0 Å². The molecule has 0 saturated carbocycles. The number of carbonyl (C=O) groups is 1. The second-order valence-corrected chi connectivity index (χ2v) is 4.93. The molecule has 1 heterocycles. The first-order valence-corrected chi connectivity index (χ1v) is 6.75. The number of benzene rings is 1. The minimum absolute atomic E-state index is 0. The second kappa shape index (κ2) is 8.44. The molecule has 114 valence electrons. The van der Waals surface area contributed by atoms with E-state index in [1.165, 1.54) is 0 Å². The number of amides is 1. The van der Waals surface area contributed by atoms with E-state index in [9.17, 15) is 4.79 Å². The smallest absolute Gasteiger partial charge is 0.254 e. The lowest BCUT2D eigenvalue weighted by molar-refractivity contribution is 0.0952. The summed E-state index contributed by atoms with van der Waals surface area (Å²) in [5, 5.41) is 7.04. The minimum atomic E-state index is -0.107. The van der Waals surface area contributed by atoms with E-state index in [0.29, 0.717) is 18.7 Å². The van der Waals surface area contributed by atoms with Gasteiger partial charge in [0.2, 0.25) is 0 Å². The van der Waals surface area contributed by atoms with Crippen LogP contribution in [0.5, 0.6) is 0 Å². The Morgan fingerprint density at radius 3 is 2.76 bits per heavy atom. The SMILES string of the molecule is CC(N)CCNC(=O)c1cnn(Cc2ccccc2)c1.Cl. The summed E-state index contributed by atoms with van der Waals surface area (Å²) in [7, 11) is 0. The van der Waals surface area contributed by atoms with Crippen LogP contribution in [0.25, 0.3) is 0 Å². The van der Waals surface area contributed by atoms with E-state index in [4.69, 9.17) is 5.73 Å². The summed E-state index contributed by atoms with van der Waals surface area (Å²) in [6.07, 6.45) is 4.11. The molecule has 21 heavy (non-hydrogen) atoms. The number of nitrogens with two attached hydrogens (primary N) is 1. The van der Waals surface area contributed by atoms with Gasteiger partial charge in [0.05, 0.1) is 18.3 Å². The minimum Gasteiger partial charge on any atom is -0.352 e. The third-order valence-electron chi connectivity index (χ3n) is 2.97. The molecule has 3 N–H and O–H groups in total. The Bertz CT molecular complexity index is 554. The average molecular weight is 309 g/mol. The number of hydrogen-bond donors (Lipinski definition) is 2. The Balaban J connectivity index is 0.00000220. The Morgan fingerprint density at radius 2 is 2.10 bits per heavy atom. The summed E-state index contributed by atoms with van der Waals surface area (Å²) >= 11 is 0. The first-order chi connectivity index (χ1) is 9.65. The van der Waals surface area contributed by atoms with E-state index in [1.807, 2.05) is 37.3 Å². The molecule has 1 unspecified atom stereocenters. The maximum atomic E-state index is 11.9. The Morgan fingerprint density at radius 1 is 1.38 bits per heavy atom. The van der Waals surface area contributed by atoms with E-state index < -0.39 is 0 Å². The first-order valence-electron chi connectivity index (χ1n) is 6.75. The molecule has 0 aliphatic carbocycles. The van der Waals surface area contributed by atoms with Crippen molar-refractivity contribution in [2.45, 2.75) is 25.9 Å². The van der Waals surface area contributed by atoms with Gasteiger partial charge in [0.25, 0.3) is 5.91 Å². The highest BCUT2D eigenvalue weighted by atomic mass is 35.5. The summed E-state index contributed by atoms with van der Waals surface area (Å²) < 4.78 is 1.76. The topological polar surface area (TPSA) is 72.9 Å². The number of carbonyl (C=O) groups excluding carboxylic acids is 1. The lowest BCUT2D eigenvalue weighted by atomic mass is 10.2. The van der Waals surface area contributed by atoms with Crippen LogP contribution in [0.2, 0.25) is 0 Å². The largest absolute Gasteiger partial charge is 0.352 e. The number of nitrogens with zero attached hydrogens (tertiary/aromatic N) is 2. The van der Waals surface area contributed by atoms with Crippen LogP contribution in [-0.4, -0.2) is 28.3 Å². The molecule has 0 fully saturated rings. The van der Waals surface area contributed by atoms with Gasteiger partial charge in [0.1, 0.15) is 0 Å². The zero-order valence-electron chi connectivity index (χ0n) is 12.0. The van der Waals surface area contributed by atoms with Gasteiger partial charge in [-0.1, -0.05) is 30.3 Å². The zero-order chi connectivity index (χ0) is 14.4. The monoisotopic (exact) mass is 308 g/mol. The van der Waals surface area contributed by atoms with Crippen LogP contribution in [0.1, 0.15) is 29.3 Å². The molecule has 0 bridgehead atoms. The van der Waals surface area contributed by atoms with Crippen LogP contribution in [0.15, 0.2) is 42.7 Å². The molecule has 2 rings (SSSR count). The molecule has 1 aromatic carbocycles. The van der Waals surface area contributed by atoms with E-state index in [0.717, 1.165) is 12.0 Å². The van der Waals surface area contributed by atoms with Gasteiger partial charge in [-0.15, -0.1) is 12.4 Å². The van der Waals surface area contributed by atoms with Crippen molar-refractivity contribution in [3.8, 4) is 0 Å². The van der Waals surface area contributed by atoms with Crippen LogP contribution < -0.4 is 11.1 Å². The maximum absolute atomic E-state index is 11.9. The molecular formula is C15H21ClN4O. The van der Waals surface area contributed by atoms with Crippen molar-refractivity contribution in [2.24, 2.45) is 5.73 Å². The predicted molar refractivity (Wildman–Crippen MR) is 85.6 cm³/mol. The number of aromatic nitrogens is 2. The van der Waals surface area contributed by atoms with Gasteiger partial charge in [-0.3, -0.25) is 9.48 Å². The van der Waals surface area contributed by atoms with Crippen LogP contribution in [0.4, 0.5) is 0 Å². The summed E-state index contributed by atoms with van der Waals surface area (Å²) in [5.74, 6) is -0.107. The van der Waals surface area contributed by atoms with Crippen molar-refractivity contribution >= 4 is 18.3 Å². The Labute approximate surface area is 130 Å². The number of halogens is 1. The number of rotatable bonds is 6. The molecule has 0 aliphatic rings. The molecule has 2 aromatic rings. The number of nitrogens with one attached hydrogen (secondary N) is 1. The van der Waals surface area contributed by atoms with E-state index >= 15 is 0 Å². The molecule has 1 aromatic heterocycles. The van der Waals surface area contributed by atoms with Crippen LogP contribution in [0, 0.1) is 0 Å². The molecule has 0 aliphatic heterocycles. The summed E-state index contributed by atoms with van der Waals surface area (Å²) in [6.45, 7) is 3.17. The second-order valence-electron chi connectivity index (χ2n) is 4.93. The third-order valence-corrected chi connectivity index (χ3v) is 2.97. The highest BCUT2D eigenvalue weighted by Gasteiger charge is 2.08. The molecular weight excluding hydrogens is 288 g/mol. The summed E-state index contributed by atoms with van der Waals surface area (Å²) in [4.78, 5) is 11.9. The third kappa shape index (κ3) is 5.57. The fourth-order valence-electron chi connectivity index (χ4n) is 1.85. The summed E-state index contributed by atoms with van der Waals surface area (Å²) in [6, 6.07) is 10.1. The zero-order valence-corrected chi connectivity index (χ0v) is 12.8. The van der Waals surface area contributed by atoms with Crippen molar-refractivity contribution in [2.75, 3.05) is 6.54 Å². The predicted octanol–water partition coefficient (Wildman–Crippen LogP) is 1.82. The standard InChI is InChI=1S/C15H20N4O.ClH/c1-12(16)7-8-17-15(20)14-9-18-19(11-14)10-13-5-3-2-4-6-13;/h2-6,9,11-12H,7-8,10,16H2,1H3,(H,17,20);1H. The van der Waals surface area contributed by atoms with Crippen molar-refractivity contribution < 1.29 is 4.79 Å². The average Bonchev–Trinajstić information content (AvgIpc) is 2.88. The summed E-state index contributed by atoms with van der Waals surface area (Å²) in [5.41, 5.74) is 7.37. The molecule has 0 radical (unpaired) electrons. The highest BCUT2D eigenvalue weighted by molar-refractivity contribution is 5.93. The molecule has 1 amide bonds. The quantitative estimate of drug-likeness (QED) is 0.855. The van der Waals surface area contributed by atoms with Crippen LogP contribution in [-0.2, 0) is 6.54 Å². The molecule has 0 spiro atoms. The van der Waals surface area contributed by atoms with Gasteiger partial charge in [-0.2, -0.15) is 5.10 Å².